The largest absolute Gasteiger partial charge is 0.494 e. The number of nitrogens with zero attached hydrogens (tertiary/aromatic N) is 2. The molecule has 0 saturated carbocycles. The molecule has 5 heteroatoms. The molecule has 0 atom stereocenters. The van der Waals surface area contributed by atoms with E-state index in [0.29, 0.717) is 6.61 Å². The first-order valence-electron chi connectivity index (χ1n) is 9.88. The molecule has 0 unspecified atom stereocenters. The van der Waals surface area contributed by atoms with E-state index in [-0.39, 0.29) is 0 Å². The average molecular weight is 378 g/mol. The molecule has 146 valence electrons. The summed E-state index contributed by atoms with van der Waals surface area (Å²) in [5, 5.41) is 0. The van der Waals surface area contributed by atoms with Gasteiger partial charge in [-0.05, 0) is 24.1 Å². The fraction of sp³-hybridized carbons (Fsp3) is 0.348. The lowest BCUT2D eigenvalue weighted by Crippen LogP contribution is -2.37. The van der Waals surface area contributed by atoms with E-state index in [9.17, 15) is 0 Å². The summed E-state index contributed by atoms with van der Waals surface area (Å²) in [5.74, 6) is 1.67. The van der Waals surface area contributed by atoms with Gasteiger partial charge in [-0.25, -0.2) is 4.98 Å². The van der Waals surface area contributed by atoms with Gasteiger partial charge in [0.2, 0.25) is 0 Å². The maximum absolute atomic E-state index is 5.97. The predicted octanol–water partition coefficient (Wildman–Crippen LogP) is 4.03. The normalized spacial score (nSPS) is 14.9. The van der Waals surface area contributed by atoms with Crippen LogP contribution in [0.25, 0.3) is 11.3 Å². The van der Waals surface area contributed by atoms with Crippen LogP contribution in [0.4, 0.5) is 0 Å². The van der Waals surface area contributed by atoms with Gasteiger partial charge in [0.05, 0.1) is 25.5 Å². The Morgan fingerprint density at radius 1 is 1.00 bits per heavy atom. The summed E-state index contributed by atoms with van der Waals surface area (Å²) >= 11 is 0. The first kappa shape index (κ1) is 18.7. The molecule has 0 spiro atoms. The molecule has 1 aliphatic heterocycles. The number of rotatable bonds is 8. The van der Waals surface area contributed by atoms with Crippen molar-refractivity contribution in [2.75, 3.05) is 39.5 Å². The third-order valence-corrected chi connectivity index (χ3v) is 4.94. The molecule has 4 rings (SSSR count). The lowest BCUT2D eigenvalue weighted by atomic mass is 10.1. The fourth-order valence-corrected chi connectivity index (χ4v) is 3.45. The first-order chi connectivity index (χ1) is 13.9. The van der Waals surface area contributed by atoms with Crippen molar-refractivity contribution >= 4 is 0 Å². The van der Waals surface area contributed by atoms with Crippen molar-refractivity contribution in [1.82, 2.24) is 9.88 Å². The Balaban J connectivity index is 1.35. The highest BCUT2D eigenvalue weighted by Gasteiger charge is 2.13. The van der Waals surface area contributed by atoms with E-state index in [1.54, 1.807) is 0 Å². The topological polar surface area (TPSA) is 47.7 Å². The quantitative estimate of drug-likeness (QED) is 0.554. The first-order valence-corrected chi connectivity index (χ1v) is 9.88. The summed E-state index contributed by atoms with van der Waals surface area (Å²) in [4.78, 5) is 6.85. The Hall–Kier alpha value is -2.63. The summed E-state index contributed by atoms with van der Waals surface area (Å²) in [6, 6.07) is 18.4. The predicted molar refractivity (Wildman–Crippen MR) is 109 cm³/mol. The second-order valence-corrected chi connectivity index (χ2v) is 6.97. The average Bonchev–Trinajstić information content (AvgIpc) is 3.21. The maximum atomic E-state index is 5.97. The molecule has 1 aromatic heterocycles. The van der Waals surface area contributed by atoms with Crippen molar-refractivity contribution in [3.63, 3.8) is 0 Å². The lowest BCUT2D eigenvalue weighted by Gasteiger charge is -2.26. The van der Waals surface area contributed by atoms with Crippen molar-refractivity contribution in [1.29, 1.82) is 0 Å². The fourth-order valence-electron chi connectivity index (χ4n) is 3.45. The number of oxazole rings is 1. The molecule has 0 aliphatic carbocycles. The van der Waals surface area contributed by atoms with Crippen LogP contribution in [0, 0.1) is 0 Å². The zero-order valence-electron chi connectivity index (χ0n) is 16.0. The lowest BCUT2D eigenvalue weighted by molar-refractivity contribution is 0.0358. The Labute approximate surface area is 165 Å². The highest BCUT2D eigenvalue weighted by atomic mass is 16.5. The second kappa shape index (κ2) is 9.53. The zero-order chi connectivity index (χ0) is 19.0. The molecule has 3 aromatic rings. The van der Waals surface area contributed by atoms with E-state index >= 15 is 0 Å². The van der Waals surface area contributed by atoms with Crippen LogP contribution >= 0.6 is 0 Å². The van der Waals surface area contributed by atoms with Crippen LogP contribution in [0.1, 0.15) is 17.7 Å². The highest BCUT2D eigenvalue weighted by Crippen LogP contribution is 2.28. The van der Waals surface area contributed by atoms with E-state index in [1.807, 2.05) is 42.5 Å². The third-order valence-electron chi connectivity index (χ3n) is 4.94. The van der Waals surface area contributed by atoms with Gasteiger partial charge in [0, 0.05) is 31.6 Å². The van der Waals surface area contributed by atoms with Crippen LogP contribution < -0.4 is 4.74 Å². The molecule has 0 N–H and O–H groups in total. The maximum Gasteiger partial charge on any atom is 0.181 e. The van der Waals surface area contributed by atoms with Crippen molar-refractivity contribution in [2.24, 2.45) is 0 Å². The molecule has 28 heavy (non-hydrogen) atoms. The van der Waals surface area contributed by atoms with E-state index in [0.717, 1.165) is 68.5 Å². The summed E-state index contributed by atoms with van der Waals surface area (Å²) < 4.78 is 17.1. The smallest absolute Gasteiger partial charge is 0.181 e. The number of morpholine rings is 1. The van der Waals surface area contributed by atoms with E-state index in [1.165, 1.54) is 12.0 Å². The summed E-state index contributed by atoms with van der Waals surface area (Å²) in [6.45, 7) is 5.47. The molecular weight excluding hydrogens is 352 g/mol. The molecule has 0 amide bonds. The summed E-state index contributed by atoms with van der Waals surface area (Å²) in [6.07, 6.45) is 3.27. The van der Waals surface area contributed by atoms with Crippen LogP contribution in [0.2, 0.25) is 0 Å². The molecule has 2 aromatic carbocycles. The Kier molecular flexibility index (Phi) is 6.37. The second-order valence-electron chi connectivity index (χ2n) is 6.97. The standard InChI is InChI=1S/C23H26N2O3/c1-2-6-19(7-3-1)16-22-23(28-18-24-22)20-8-4-9-21(17-20)27-13-5-10-25-11-14-26-15-12-25/h1-4,6-9,17-18H,5,10-16H2. The number of hydrogen-bond donors (Lipinski definition) is 0. The van der Waals surface area contributed by atoms with Crippen molar-refractivity contribution in [3.05, 3.63) is 72.2 Å². The van der Waals surface area contributed by atoms with Crippen molar-refractivity contribution < 1.29 is 13.9 Å². The molecule has 1 aliphatic rings. The third kappa shape index (κ3) is 5.00. The van der Waals surface area contributed by atoms with E-state index in [4.69, 9.17) is 13.9 Å². The zero-order valence-corrected chi connectivity index (χ0v) is 16.0. The summed E-state index contributed by atoms with van der Waals surface area (Å²) in [5.41, 5.74) is 3.15. The molecule has 2 heterocycles. The van der Waals surface area contributed by atoms with Crippen LogP contribution in [0.5, 0.6) is 5.75 Å². The van der Waals surface area contributed by atoms with Gasteiger partial charge in [-0.1, -0.05) is 42.5 Å². The molecule has 1 fully saturated rings. The van der Waals surface area contributed by atoms with Gasteiger partial charge in [0.25, 0.3) is 0 Å². The van der Waals surface area contributed by atoms with Gasteiger partial charge in [-0.3, -0.25) is 4.90 Å². The summed E-state index contributed by atoms with van der Waals surface area (Å²) in [7, 11) is 0. The molecule has 0 radical (unpaired) electrons. The number of aromatic nitrogens is 1. The highest BCUT2D eigenvalue weighted by molar-refractivity contribution is 5.62. The van der Waals surface area contributed by atoms with E-state index < -0.39 is 0 Å². The van der Waals surface area contributed by atoms with Crippen LogP contribution in [-0.4, -0.2) is 49.3 Å². The Morgan fingerprint density at radius 2 is 1.86 bits per heavy atom. The minimum absolute atomic E-state index is 0.702. The number of benzene rings is 2. The number of ether oxygens (including phenoxy) is 2. The number of hydrogen-bond acceptors (Lipinski definition) is 5. The SMILES string of the molecule is c1ccc(Cc2ncoc2-c2cccc(OCCCN3CCOCC3)c2)cc1. The minimum Gasteiger partial charge on any atom is -0.494 e. The van der Waals surface area contributed by atoms with Gasteiger partial charge >= 0.3 is 0 Å². The molecule has 0 bridgehead atoms. The van der Waals surface area contributed by atoms with Gasteiger partial charge in [0.15, 0.2) is 12.2 Å². The minimum atomic E-state index is 0.702. The van der Waals surface area contributed by atoms with Crippen LogP contribution in [-0.2, 0) is 11.2 Å². The van der Waals surface area contributed by atoms with Crippen molar-refractivity contribution in [2.45, 2.75) is 12.8 Å². The van der Waals surface area contributed by atoms with Gasteiger partial charge in [-0.15, -0.1) is 0 Å². The van der Waals surface area contributed by atoms with Crippen LogP contribution in [0.15, 0.2) is 65.4 Å². The van der Waals surface area contributed by atoms with Gasteiger partial charge in [0.1, 0.15) is 5.75 Å². The van der Waals surface area contributed by atoms with Gasteiger partial charge < -0.3 is 13.9 Å². The van der Waals surface area contributed by atoms with Gasteiger partial charge in [-0.2, -0.15) is 0 Å². The van der Waals surface area contributed by atoms with E-state index in [2.05, 4.69) is 22.0 Å². The Bertz CT molecular complexity index is 857. The van der Waals surface area contributed by atoms with Crippen LogP contribution in [0.3, 0.4) is 0 Å². The van der Waals surface area contributed by atoms with Crippen molar-refractivity contribution in [3.8, 4) is 17.1 Å². The molecular formula is C23H26N2O3. The monoisotopic (exact) mass is 378 g/mol. The molecule has 1 saturated heterocycles. The molecule has 5 nitrogen and oxygen atoms in total. The Morgan fingerprint density at radius 3 is 2.71 bits per heavy atom.